The fourth-order valence-corrected chi connectivity index (χ4v) is 1.78. The second-order valence-corrected chi connectivity index (χ2v) is 4.27. The first kappa shape index (κ1) is 12.5. The van der Waals surface area contributed by atoms with Gasteiger partial charge in [-0.1, -0.05) is 23.8 Å². The van der Waals surface area contributed by atoms with Crippen molar-refractivity contribution in [3.63, 3.8) is 0 Å². The van der Waals surface area contributed by atoms with Crippen molar-refractivity contribution in [2.24, 2.45) is 5.73 Å². The highest BCUT2D eigenvalue weighted by atomic mass is 35.5. The Morgan fingerprint density at radius 3 is 2.67 bits per heavy atom. The van der Waals surface area contributed by atoms with Gasteiger partial charge in [0.1, 0.15) is 4.99 Å². The summed E-state index contributed by atoms with van der Waals surface area (Å²) in [5.41, 5.74) is 4.23. The molecule has 0 aliphatic rings. The van der Waals surface area contributed by atoms with E-state index in [0.717, 1.165) is 12.1 Å². The summed E-state index contributed by atoms with van der Waals surface area (Å²) in [5, 5.41) is 11.0. The van der Waals surface area contributed by atoms with E-state index in [9.17, 15) is 14.9 Å². The second-order valence-electron chi connectivity index (χ2n) is 3.40. The molecule has 2 rings (SSSR count). The van der Waals surface area contributed by atoms with Crippen LogP contribution in [-0.2, 0) is 0 Å². The number of nitrogens with two attached hydrogens (primary N) is 1. The standard InChI is InChI=1S/C10H5ClN2O4S/c11-4-1-5-7(14)3-8(10(12)18)17-9(5)6(2-4)13(15)16/h1-3H,(H2,12,18). The molecular formula is C10H5ClN2O4S. The van der Waals surface area contributed by atoms with E-state index >= 15 is 0 Å². The van der Waals surface area contributed by atoms with Crippen LogP contribution in [0.25, 0.3) is 11.0 Å². The molecule has 0 spiro atoms. The van der Waals surface area contributed by atoms with Crippen molar-refractivity contribution in [3.05, 3.63) is 49.3 Å². The molecule has 0 unspecified atom stereocenters. The Kier molecular flexibility index (Phi) is 3.02. The molecule has 0 radical (unpaired) electrons. The van der Waals surface area contributed by atoms with Crippen LogP contribution in [0.3, 0.4) is 0 Å². The number of fused-ring (bicyclic) bond motifs is 1. The first-order chi connectivity index (χ1) is 8.40. The van der Waals surface area contributed by atoms with E-state index < -0.39 is 16.0 Å². The molecule has 0 aliphatic heterocycles. The largest absolute Gasteiger partial charge is 0.446 e. The number of hydrogen-bond acceptors (Lipinski definition) is 5. The zero-order valence-corrected chi connectivity index (χ0v) is 10.2. The second kappa shape index (κ2) is 4.35. The maximum atomic E-state index is 11.8. The van der Waals surface area contributed by atoms with Gasteiger partial charge in [0.2, 0.25) is 5.58 Å². The van der Waals surface area contributed by atoms with Crippen molar-refractivity contribution in [2.75, 3.05) is 0 Å². The Morgan fingerprint density at radius 1 is 1.44 bits per heavy atom. The lowest BCUT2D eigenvalue weighted by Gasteiger charge is -2.02. The lowest BCUT2D eigenvalue weighted by molar-refractivity contribution is -0.383. The monoisotopic (exact) mass is 284 g/mol. The van der Waals surface area contributed by atoms with Crippen molar-refractivity contribution in [3.8, 4) is 0 Å². The minimum absolute atomic E-state index is 0.00852. The molecule has 92 valence electrons. The highest BCUT2D eigenvalue weighted by molar-refractivity contribution is 7.80. The summed E-state index contributed by atoms with van der Waals surface area (Å²) in [6, 6.07) is 3.46. The molecule has 2 aromatic rings. The highest BCUT2D eigenvalue weighted by Gasteiger charge is 2.19. The van der Waals surface area contributed by atoms with E-state index in [4.69, 9.17) is 21.8 Å². The average Bonchev–Trinajstić information content (AvgIpc) is 2.28. The van der Waals surface area contributed by atoms with Gasteiger partial charge in [0, 0.05) is 17.2 Å². The normalized spacial score (nSPS) is 10.5. The van der Waals surface area contributed by atoms with Gasteiger partial charge in [-0.25, -0.2) is 0 Å². The van der Waals surface area contributed by atoms with E-state index in [-0.39, 0.29) is 26.7 Å². The number of hydrogen-bond donors (Lipinski definition) is 1. The molecule has 6 nitrogen and oxygen atoms in total. The molecule has 1 heterocycles. The summed E-state index contributed by atoms with van der Waals surface area (Å²) in [6.45, 7) is 0. The molecule has 1 aromatic heterocycles. The van der Waals surface area contributed by atoms with E-state index in [1.165, 1.54) is 6.07 Å². The molecule has 0 amide bonds. The smallest absolute Gasteiger partial charge is 0.313 e. The van der Waals surface area contributed by atoms with Crippen molar-refractivity contribution in [2.45, 2.75) is 0 Å². The van der Waals surface area contributed by atoms with Gasteiger partial charge < -0.3 is 10.2 Å². The van der Waals surface area contributed by atoms with E-state index in [1.807, 2.05) is 0 Å². The first-order valence-corrected chi connectivity index (χ1v) is 5.40. The third kappa shape index (κ3) is 2.05. The summed E-state index contributed by atoms with van der Waals surface area (Å²) >= 11 is 10.4. The lowest BCUT2D eigenvalue weighted by atomic mass is 10.2. The molecule has 1 aromatic carbocycles. The van der Waals surface area contributed by atoms with Gasteiger partial charge >= 0.3 is 5.69 Å². The number of halogens is 1. The van der Waals surface area contributed by atoms with Crippen molar-refractivity contribution >= 4 is 45.5 Å². The van der Waals surface area contributed by atoms with Gasteiger partial charge in [-0.15, -0.1) is 0 Å². The summed E-state index contributed by atoms with van der Waals surface area (Å²) in [5.74, 6) is -0.0760. The van der Waals surface area contributed by atoms with Gasteiger partial charge in [-0.05, 0) is 6.07 Å². The molecule has 18 heavy (non-hydrogen) atoms. The highest BCUT2D eigenvalue weighted by Crippen LogP contribution is 2.28. The van der Waals surface area contributed by atoms with Crippen molar-refractivity contribution in [1.82, 2.24) is 0 Å². The zero-order valence-electron chi connectivity index (χ0n) is 8.68. The summed E-state index contributed by atoms with van der Waals surface area (Å²) in [6.07, 6.45) is 0. The number of rotatable bonds is 2. The Bertz CT molecular complexity index is 740. The molecule has 8 heteroatoms. The minimum atomic E-state index is -0.694. The van der Waals surface area contributed by atoms with E-state index in [2.05, 4.69) is 12.2 Å². The fourth-order valence-electron chi connectivity index (χ4n) is 1.46. The van der Waals surface area contributed by atoms with Crippen LogP contribution < -0.4 is 11.2 Å². The lowest BCUT2D eigenvalue weighted by Crippen LogP contribution is -2.13. The Balaban J connectivity index is 2.97. The van der Waals surface area contributed by atoms with E-state index in [0.29, 0.717) is 0 Å². The maximum absolute atomic E-state index is 11.8. The third-order valence-corrected chi connectivity index (χ3v) is 2.63. The summed E-state index contributed by atoms with van der Waals surface area (Å²) in [4.78, 5) is 21.8. The Hall–Kier alpha value is -1.99. The number of nitro groups is 1. The number of nitro benzene ring substituents is 1. The van der Waals surface area contributed by atoms with Crippen LogP contribution in [0.4, 0.5) is 5.69 Å². The predicted octanol–water partition coefficient (Wildman–Crippen LogP) is 1.99. The summed E-state index contributed by atoms with van der Waals surface area (Å²) < 4.78 is 5.18. The van der Waals surface area contributed by atoms with Crippen LogP contribution in [0.1, 0.15) is 5.76 Å². The quantitative estimate of drug-likeness (QED) is 0.514. The van der Waals surface area contributed by atoms with Crippen LogP contribution in [0.2, 0.25) is 5.02 Å². The SMILES string of the molecule is NC(=S)c1cc(=O)c2cc(Cl)cc([N+](=O)[O-])c2o1. The predicted molar refractivity (Wildman–Crippen MR) is 70.0 cm³/mol. The Labute approximate surface area is 110 Å². The third-order valence-electron chi connectivity index (χ3n) is 2.21. The van der Waals surface area contributed by atoms with Gasteiger partial charge in [0.05, 0.1) is 10.3 Å². The summed E-state index contributed by atoms with van der Waals surface area (Å²) in [7, 11) is 0. The molecule has 0 saturated carbocycles. The van der Waals surface area contributed by atoms with Gasteiger partial charge in [0.25, 0.3) is 0 Å². The minimum Gasteiger partial charge on any atom is -0.446 e. The zero-order chi connectivity index (χ0) is 13.4. The molecule has 0 saturated heterocycles. The van der Waals surface area contributed by atoms with Crippen molar-refractivity contribution < 1.29 is 9.34 Å². The molecule has 2 N–H and O–H groups in total. The molecule has 0 aliphatic carbocycles. The van der Waals surface area contributed by atoms with E-state index in [1.54, 1.807) is 0 Å². The van der Waals surface area contributed by atoms with Gasteiger partial charge in [0.15, 0.2) is 11.2 Å². The van der Waals surface area contributed by atoms with Gasteiger partial charge in [-0.2, -0.15) is 0 Å². The molecule has 0 fully saturated rings. The van der Waals surface area contributed by atoms with Crippen LogP contribution >= 0.6 is 23.8 Å². The van der Waals surface area contributed by atoms with Crippen molar-refractivity contribution in [1.29, 1.82) is 0 Å². The van der Waals surface area contributed by atoms with Crippen LogP contribution in [-0.4, -0.2) is 9.91 Å². The van der Waals surface area contributed by atoms with Crippen LogP contribution in [0, 0.1) is 10.1 Å². The molecule has 0 atom stereocenters. The number of non-ortho nitro benzene ring substituents is 1. The first-order valence-electron chi connectivity index (χ1n) is 4.61. The number of nitrogens with zero attached hydrogens (tertiary/aromatic N) is 1. The fraction of sp³-hybridized carbons (Fsp3) is 0. The molecular weight excluding hydrogens is 280 g/mol. The number of benzene rings is 1. The van der Waals surface area contributed by atoms with Gasteiger partial charge in [-0.3, -0.25) is 14.9 Å². The Morgan fingerprint density at radius 2 is 2.11 bits per heavy atom. The number of thiocarbonyl (C=S) groups is 1. The maximum Gasteiger partial charge on any atom is 0.313 e. The van der Waals surface area contributed by atoms with Crippen LogP contribution in [0.15, 0.2) is 27.4 Å². The van der Waals surface area contributed by atoms with Crippen LogP contribution in [0.5, 0.6) is 0 Å². The average molecular weight is 285 g/mol. The topological polar surface area (TPSA) is 99.4 Å². The molecule has 0 bridgehead atoms.